The quantitative estimate of drug-likeness (QED) is 0.727. The summed E-state index contributed by atoms with van der Waals surface area (Å²) in [5, 5.41) is 11.0. The first-order valence-corrected chi connectivity index (χ1v) is 7.10. The summed E-state index contributed by atoms with van der Waals surface area (Å²) in [5.41, 5.74) is 0. The molecule has 16 heavy (non-hydrogen) atoms. The van der Waals surface area contributed by atoms with Crippen molar-refractivity contribution >= 4 is 27.3 Å². The minimum atomic E-state index is -3.48. The molecule has 1 aromatic rings. The molecule has 0 fully saturated rings. The molecule has 0 saturated carbocycles. The standard InChI is InChI=1S/C8H12N2O4S2/c11-8(12)2-6-16(13,14)10-3-1-7-9-4-5-15-7/h4-5,10H,1-3,6H2,(H,11,12). The highest BCUT2D eigenvalue weighted by Gasteiger charge is 2.12. The van der Waals surface area contributed by atoms with Crippen LogP contribution in [0.1, 0.15) is 11.4 Å². The lowest BCUT2D eigenvalue weighted by atomic mass is 10.5. The second-order valence-corrected chi connectivity index (χ2v) is 5.94. The van der Waals surface area contributed by atoms with E-state index in [1.54, 1.807) is 6.20 Å². The van der Waals surface area contributed by atoms with Crippen LogP contribution in [0.15, 0.2) is 11.6 Å². The van der Waals surface area contributed by atoms with Gasteiger partial charge in [-0.05, 0) is 0 Å². The Balaban J connectivity index is 2.28. The largest absolute Gasteiger partial charge is 0.481 e. The van der Waals surface area contributed by atoms with Gasteiger partial charge in [0.1, 0.15) is 0 Å². The summed E-state index contributed by atoms with van der Waals surface area (Å²) in [4.78, 5) is 14.2. The Labute approximate surface area is 97.4 Å². The minimum absolute atomic E-state index is 0.246. The Bertz CT molecular complexity index is 427. The van der Waals surface area contributed by atoms with Crippen LogP contribution in [0.5, 0.6) is 0 Å². The maximum atomic E-state index is 11.3. The summed E-state index contributed by atoms with van der Waals surface area (Å²) < 4.78 is 24.9. The normalized spacial score (nSPS) is 11.5. The van der Waals surface area contributed by atoms with E-state index in [1.807, 2.05) is 5.38 Å². The highest BCUT2D eigenvalue weighted by Crippen LogP contribution is 2.03. The Morgan fingerprint density at radius 3 is 2.88 bits per heavy atom. The number of aromatic nitrogens is 1. The molecule has 0 amide bonds. The fourth-order valence-corrected chi connectivity index (χ4v) is 2.60. The SMILES string of the molecule is O=C(O)CCS(=O)(=O)NCCc1nccs1. The van der Waals surface area contributed by atoms with E-state index in [2.05, 4.69) is 9.71 Å². The van der Waals surface area contributed by atoms with Crippen molar-refractivity contribution in [1.29, 1.82) is 0 Å². The Hall–Kier alpha value is -0.990. The zero-order valence-electron chi connectivity index (χ0n) is 8.42. The van der Waals surface area contributed by atoms with Crippen LogP contribution in [0, 0.1) is 0 Å². The molecule has 0 atom stereocenters. The number of sulfonamides is 1. The highest BCUT2D eigenvalue weighted by atomic mass is 32.2. The number of carbonyl (C=O) groups is 1. The van der Waals surface area contributed by atoms with Gasteiger partial charge in [0, 0.05) is 24.5 Å². The zero-order chi connectivity index (χ0) is 12.0. The molecule has 0 radical (unpaired) electrons. The van der Waals surface area contributed by atoms with Gasteiger partial charge in [-0.2, -0.15) is 0 Å². The van der Waals surface area contributed by atoms with Gasteiger partial charge < -0.3 is 5.11 Å². The number of nitrogens with zero attached hydrogens (tertiary/aromatic N) is 1. The van der Waals surface area contributed by atoms with E-state index in [0.29, 0.717) is 6.42 Å². The third-order valence-electron chi connectivity index (χ3n) is 1.73. The van der Waals surface area contributed by atoms with Crippen molar-refractivity contribution in [1.82, 2.24) is 9.71 Å². The predicted molar refractivity (Wildman–Crippen MR) is 59.9 cm³/mol. The van der Waals surface area contributed by atoms with Crippen LogP contribution in [-0.2, 0) is 21.2 Å². The Morgan fingerprint density at radius 2 is 2.31 bits per heavy atom. The first kappa shape index (κ1) is 13.1. The first-order chi connectivity index (χ1) is 7.49. The van der Waals surface area contributed by atoms with Gasteiger partial charge in [-0.25, -0.2) is 18.1 Å². The molecule has 1 heterocycles. The fraction of sp³-hybridized carbons (Fsp3) is 0.500. The second-order valence-electron chi connectivity index (χ2n) is 3.03. The smallest absolute Gasteiger partial charge is 0.304 e. The zero-order valence-corrected chi connectivity index (χ0v) is 10.1. The second kappa shape index (κ2) is 5.92. The molecular weight excluding hydrogens is 252 g/mol. The van der Waals surface area contributed by atoms with Crippen LogP contribution in [0.3, 0.4) is 0 Å². The molecule has 6 nitrogen and oxygen atoms in total. The number of aliphatic carboxylic acids is 1. The van der Waals surface area contributed by atoms with Crippen molar-refractivity contribution in [3.63, 3.8) is 0 Å². The Morgan fingerprint density at radius 1 is 1.56 bits per heavy atom. The molecule has 0 unspecified atom stereocenters. The molecule has 0 aliphatic rings. The van der Waals surface area contributed by atoms with E-state index in [4.69, 9.17) is 5.11 Å². The average Bonchev–Trinajstić information content (AvgIpc) is 2.68. The lowest BCUT2D eigenvalue weighted by molar-refractivity contribution is -0.136. The average molecular weight is 264 g/mol. The summed E-state index contributed by atoms with van der Waals surface area (Å²) >= 11 is 1.45. The lowest BCUT2D eigenvalue weighted by Crippen LogP contribution is -2.29. The van der Waals surface area contributed by atoms with Gasteiger partial charge in [0.2, 0.25) is 10.0 Å². The maximum Gasteiger partial charge on any atom is 0.304 e. The van der Waals surface area contributed by atoms with Crippen molar-refractivity contribution < 1.29 is 18.3 Å². The number of nitrogens with one attached hydrogen (secondary N) is 1. The summed E-state index contributed by atoms with van der Waals surface area (Å²) in [6.07, 6.45) is 1.79. The number of hydrogen-bond acceptors (Lipinski definition) is 5. The van der Waals surface area contributed by atoms with Crippen molar-refractivity contribution in [2.45, 2.75) is 12.8 Å². The molecule has 0 bridgehead atoms. The van der Waals surface area contributed by atoms with Gasteiger partial charge in [-0.15, -0.1) is 11.3 Å². The number of carboxylic acid groups (broad SMARTS) is 1. The molecule has 1 rings (SSSR count). The van der Waals surface area contributed by atoms with Crippen molar-refractivity contribution in [3.05, 3.63) is 16.6 Å². The minimum Gasteiger partial charge on any atom is -0.481 e. The summed E-state index contributed by atoms with van der Waals surface area (Å²) in [7, 11) is -3.48. The van der Waals surface area contributed by atoms with Gasteiger partial charge in [0.05, 0.1) is 17.2 Å². The number of carboxylic acids is 1. The molecule has 0 saturated heterocycles. The molecule has 0 aromatic carbocycles. The van der Waals surface area contributed by atoms with E-state index in [9.17, 15) is 13.2 Å². The molecular formula is C8H12N2O4S2. The molecule has 0 aliphatic carbocycles. The molecule has 2 N–H and O–H groups in total. The van der Waals surface area contributed by atoms with Crippen LogP contribution in [-0.4, -0.2) is 36.8 Å². The van der Waals surface area contributed by atoms with E-state index in [-0.39, 0.29) is 18.7 Å². The van der Waals surface area contributed by atoms with E-state index < -0.39 is 16.0 Å². The molecule has 0 aliphatic heterocycles. The van der Waals surface area contributed by atoms with Crippen molar-refractivity contribution in [2.24, 2.45) is 0 Å². The predicted octanol–water partition coefficient (Wildman–Crippen LogP) is 0.0797. The van der Waals surface area contributed by atoms with Gasteiger partial charge in [-0.1, -0.05) is 0 Å². The number of thiazole rings is 1. The fourth-order valence-electron chi connectivity index (χ4n) is 0.984. The van der Waals surface area contributed by atoms with Gasteiger partial charge in [0.25, 0.3) is 0 Å². The molecule has 0 spiro atoms. The van der Waals surface area contributed by atoms with E-state index in [1.165, 1.54) is 11.3 Å². The monoisotopic (exact) mass is 264 g/mol. The van der Waals surface area contributed by atoms with Crippen LogP contribution >= 0.6 is 11.3 Å². The summed E-state index contributed by atoms with van der Waals surface area (Å²) in [6, 6.07) is 0. The van der Waals surface area contributed by atoms with Gasteiger partial charge in [-0.3, -0.25) is 4.79 Å². The number of rotatable bonds is 7. The third-order valence-corrected chi connectivity index (χ3v) is 3.95. The summed E-state index contributed by atoms with van der Waals surface area (Å²) in [5.74, 6) is -1.51. The lowest BCUT2D eigenvalue weighted by Gasteiger charge is -2.03. The van der Waals surface area contributed by atoms with Crippen LogP contribution in [0.4, 0.5) is 0 Å². The molecule has 1 aromatic heterocycles. The van der Waals surface area contributed by atoms with E-state index >= 15 is 0 Å². The topological polar surface area (TPSA) is 96.4 Å². The highest BCUT2D eigenvalue weighted by molar-refractivity contribution is 7.89. The molecule has 90 valence electrons. The summed E-state index contributed by atoms with van der Waals surface area (Å²) in [6.45, 7) is 0.246. The first-order valence-electron chi connectivity index (χ1n) is 4.57. The van der Waals surface area contributed by atoms with Crippen LogP contribution in [0.2, 0.25) is 0 Å². The maximum absolute atomic E-state index is 11.3. The van der Waals surface area contributed by atoms with Crippen LogP contribution in [0.25, 0.3) is 0 Å². The van der Waals surface area contributed by atoms with Gasteiger partial charge in [0.15, 0.2) is 0 Å². The van der Waals surface area contributed by atoms with Crippen molar-refractivity contribution in [2.75, 3.05) is 12.3 Å². The molecule has 8 heteroatoms. The van der Waals surface area contributed by atoms with E-state index in [0.717, 1.165) is 5.01 Å². The van der Waals surface area contributed by atoms with Gasteiger partial charge >= 0.3 is 5.97 Å². The third kappa shape index (κ3) is 5.19. The van der Waals surface area contributed by atoms with Crippen molar-refractivity contribution in [3.8, 4) is 0 Å². The van der Waals surface area contributed by atoms with Crippen LogP contribution < -0.4 is 4.72 Å². The number of hydrogen-bond donors (Lipinski definition) is 2. The Kier molecular flexibility index (Phi) is 4.84.